The molecule has 0 atom stereocenters. The van der Waals surface area contributed by atoms with Crippen LogP contribution in [0.25, 0.3) is 72.0 Å². The number of fused-ring (bicyclic) bond motifs is 12. The fourth-order valence-electron chi connectivity index (χ4n) is 8.82. The lowest BCUT2D eigenvalue weighted by molar-refractivity contribution is 0.0992. The maximum atomic E-state index is 14.6. The predicted molar refractivity (Wildman–Crippen MR) is 227 cm³/mol. The Morgan fingerprint density at radius 1 is 0.345 bits per heavy atom. The SMILES string of the molecule is C=C1N(c2ccc3c(c2)c2ccccc2n3-c2ccccc2)C(=O)c2ccccc2N1c1ccc2c(c1)-c1ccccc1-c1ccccc1-c1ccccc1-2. The fourth-order valence-corrected chi connectivity index (χ4v) is 8.82. The summed E-state index contributed by atoms with van der Waals surface area (Å²) in [4.78, 5) is 18.5. The van der Waals surface area contributed by atoms with Gasteiger partial charge in [-0.15, -0.1) is 0 Å². The lowest BCUT2D eigenvalue weighted by Gasteiger charge is -2.40. The predicted octanol–water partition coefficient (Wildman–Crippen LogP) is 13.0. The average molecular weight is 704 g/mol. The van der Waals surface area contributed by atoms with Gasteiger partial charge in [-0.1, -0.05) is 134 Å². The molecule has 1 aromatic heterocycles. The van der Waals surface area contributed by atoms with Gasteiger partial charge in [-0.2, -0.15) is 0 Å². The van der Waals surface area contributed by atoms with Crippen LogP contribution in [0.15, 0.2) is 200 Å². The molecule has 11 rings (SSSR count). The van der Waals surface area contributed by atoms with Crippen molar-refractivity contribution < 1.29 is 4.79 Å². The molecule has 2 heterocycles. The second-order valence-corrected chi connectivity index (χ2v) is 14.2. The molecule has 0 saturated carbocycles. The van der Waals surface area contributed by atoms with Crippen molar-refractivity contribution in [3.8, 4) is 50.2 Å². The molecular formula is C51H33N3O. The van der Waals surface area contributed by atoms with Crippen molar-refractivity contribution in [3.63, 3.8) is 0 Å². The van der Waals surface area contributed by atoms with E-state index in [0.717, 1.165) is 61.2 Å². The summed E-state index contributed by atoms with van der Waals surface area (Å²) < 4.78 is 2.29. The van der Waals surface area contributed by atoms with Crippen molar-refractivity contribution in [1.29, 1.82) is 0 Å². The Hall–Kier alpha value is -7.43. The zero-order valence-electron chi connectivity index (χ0n) is 29.9. The van der Waals surface area contributed by atoms with Crippen molar-refractivity contribution in [3.05, 3.63) is 206 Å². The van der Waals surface area contributed by atoms with Crippen LogP contribution >= 0.6 is 0 Å². The third kappa shape index (κ3) is 4.62. The molecule has 0 unspecified atom stereocenters. The molecule has 1 amide bonds. The zero-order chi connectivity index (χ0) is 36.6. The number of rotatable bonds is 3. The van der Waals surface area contributed by atoms with Crippen LogP contribution in [0.5, 0.6) is 0 Å². The second-order valence-electron chi connectivity index (χ2n) is 14.2. The van der Waals surface area contributed by atoms with E-state index in [1.807, 2.05) is 36.4 Å². The molecule has 55 heavy (non-hydrogen) atoms. The summed E-state index contributed by atoms with van der Waals surface area (Å²) in [5.74, 6) is 0.463. The first-order valence-corrected chi connectivity index (χ1v) is 18.6. The van der Waals surface area contributed by atoms with Gasteiger partial charge in [-0.3, -0.25) is 14.6 Å². The van der Waals surface area contributed by atoms with Crippen LogP contribution in [0.1, 0.15) is 10.4 Å². The Morgan fingerprint density at radius 3 is 1.47 bits per heavy atom. The van der Waals surface area contributed by atoms with Crippen LogP contribution in [-0.2, 0) is 0 Å². The number of anilines is 3. The highest BCUT2D eigenvalue weighted by molar-refractivity contribution is 6.18. The minimum Gasteiger partial charge on any atom is -0.309 e. The fraction of sp³-hybridized carbons (Fsp3) is 0. The third-order valence-corrected chi connectivity index (χ3v) is 11.2. The molecule has 0 radical (unpaired) electrons. The van der Waals surface area contributed by atoms with E-state index in [2.05, 4.69) is 168 Å². The van der Waals surface area contributed by atoms with Gasteiger partial charge in [0.25, 0.3) is 5.91 Å². The Kier molecular flexibility index (Phi) is 6.82. The summed E-state index contributed by atoms with van der Waals surface area (Å²) in [5, 5.41) is 2.19. The lowest BCUT2D eigenvalue weighted by Crippen LogP contribution is -2.42. The van der Waals surface area contributed by atoms with E-state index in [1.165, 1.54) is 27.8 Å². The number of amides is 1. The topological polar surface area (TPSA) is 28.5 Å². The van der Waals surface area contributed by atoms with Crippen LogP contribution in [0, 0.1) is 0 Å². The number of hydrogen-bond acceptors (Lipinski definition) is 2. The highest BCUT2D eigenvalue weighted by Crippen LogP contribution is 2.50. The van der Waals surface area contributed by atoms with Crippen molar-refractivity contribution in [1.82, 2.24) is 4.57 Å². The first-order valence-electron chi connectivity index (χ1n) is 18.6. The van der Waals surface area contributed by atoms with E-state index in [4.69, 9.17) is 0 Å². The number of nitrogens with zero attached hydrogens (tertiary/aromatic N) is 3. The Labute approximate surface area is 319 Å². The van der Waals surface area contributed by atoms with Crippen LogP contribution in [0.3, 0.4) is 0 Å². The van der Waals surface area contributed by atoms with E-state index < -0.39 is 0 Å². The quantitative estimate of drug-likeness (QED) is 0.183. The van der Waals surface area contributed by atoms with Gasteiger partial charge in [0.1, 0.15) is 5.82 Å². The van der Waals surface area contributed by atoms with Gasteiger partial charge in [0.05, 0.1) is 28.0 Å². The first kappa shape index (κ1) is 31.1. The van der Waals surface area contributed by atoms with E-state index in [9.17, 15) is 4.79 Å². The molecule has 0 N–H and O–H groups in total. The number of aromatic nitrogens is 1. The minimum absolute atomic E-state index is 0.106. The third-order valence-electron chi connectivity index (χ3n) is 11.2. The Morgan fingerprint density at radius 2 is 0.818 bits per heavy atom. The molecule has 4 heteroatoms. The molecule has 4 nitrogen and oxygen atoms in total. The summed E-state index contributed by atoms with van der Waals surface area (Å²) in [6.45, 7) is 4.66. The Balaban J connectivity index is 1.10. The van der Waals surface area contributed by atoms with Gasteiger partial charge < -0.3 is 4.57 Å². The molecule has 1 aliphatic carbocycles. The molecule has 2 aliphatic rings. The Bertz CT molecular complexity index is 3040. The smallest absolute Gasteiger partial charge is 0.266 e. The van der Waals surface area contributed by atoms with Crippen LogP contribution in [0.4, 0.5) is 17.1 Å². The molecule has 0 spiro atoms. The summed E-state index contributed by atoms with van der Waals surface area (Å²) in [7, 11) is 0. The minimum atomic E-state index is -0.106. The molecule has 1 aliphatic heterocycles. The van der Waals surface area contributed by atoms with E-state index in [-0.39, 0.29) is 5.91 Å². The maximum absolute atomic E-state index is 14.6. The lowest BCUT2D eigenvalue weighted by atomic mass is 9.81. The monoisotopic (exact) mass is 703 g/mol. The molecule has 9 aromatic rings. The normalized spacial score (nSPS) is 13.1. The van der Waals surface area contributed by atoms with Gasteiger partial charge in [-0.25, -0.2) is 0 Å². The number of carbonyl (C=O) groups excluding carboxylic acids is 1. The molecule has 0 bridgehead atoms. The maximum Gasteiger partial charge on any atom is 0.266 e. The number of carbonyl (C=O) groups is 1. The number of para-hydroxylation sites is 3. The summed E-state index contributed by atoms with van der Waals surface area (Å²) >= 11 is 0. The highest BCUT2D eigenvalue weighted by Gasteiger charge is 2.35. The van der Waals surface area contributed by atoms with Crippen LogP contribution < -0.4 is 9.80 Å². The van der Waals surface area contributed by atoms with Crippen molar-refractivity contribution >= 4 is 44.8 Å². The van der Waals surface area contributed by atoms with Gasteiger partial charge in [0.2, 0.25) is 0 Å². The second kappa shape index (κ2) is 12.1. The van der Waals surface area contributed by atoms with Gasteiger partial charge in [-0.05, 0) is 105 Å². The average Bonchev–Trinajstić information content (AvgIpc) is 3.57. The van der Waals surface area contributed by atoms with Gasteiger partial charge >= 0.3 is 0 Å². The van der Waals surface area contributed by atoms with Crippen LogP contribution in [0.2, 0.25) is 0 Å². The molecule has 8 aromatic carbocycles. The van der Waals surface area contributed by atoms with Crippen molar-refractivity contribution in [2.75, 3.05) is 9.80 Å². The number of hydrogen-bond donors (Lipinski definition) is 0. The van der Waals surface area contributed by atoms with E-state index >= 15 is 0 Å². The first-order chi connectivity index (χ1) is 27.2. The standard InChI is InChI=1S/C51H33N3O/c1-33-52(35-27-29-43-41-21-8-7-19-39(41)37-17-5-6-18-38(37)40-20-9-10-22-42(40)46(43)31-35)49-26-14-12-24-45(49)51(55)53(33)36-28-30-50-47(32-36)44-23-11-13-25-48(44)54(50)34-15-3-2-4-16-34/h2-32H,1H2. The summed E-state index contributed by atoms with van der Waals surface area (Å²) in [6.07, 6.45) is 0. The summed E-state index contributed by atoms with van der Waals surface area (Å²) in [5.41, 5.74) is 15.8. The molecule has 0 fully saturated rings. The number of benzene rings is 8. The van der Waals surface area contributed by atoms with Crippen LogP contribution in [-0.4, -0.2) is 10.5 Å². The van der Waals surface area contributed by atoms with E-state index in [0.29, 0.717) is 11.4 Å². The largest absolute Gasteiger partial charge is 0.309 e. The van der Waals surface area contributed by atoms with Gasteiger partial charge in [0, 0.05) is 22.1 Å². The molecular weight excluding hydrogens is 671 g/mol. The van der Waals surface area contributed by atoms with Crippen molar-refractivity contribution in [2.45, 2.75) is 0 Å². The van der Waals surface area contributed by atoms with E-state index in [1.54, 1.807) is 4.90 Å². The molecule has 258 valence electrons. The van der Waals surface area contributed by atoms with Gasteiger partial charge in [0.15, 0.2) is 0 Å². The zero-order valence-corrected chi connectivity index (χ0v) is 29.9. The highest BCUT2D eigenvalue weighted by atomic mass is 16.2. The summed E-state index contributed by atoms with van der Waals surface area (Å²) in [6, 6.07) is 65.7. The van der Waals surface area contributed by atoms with Crippen molar-refractivity contribution in [2.24, 2.45) is 0 Å². The molecule has 0 saturated heterocycles.